The quantitative estimate of drug-likeness (QED) is 0.869. The van der Waals surface area contributed by atoms with Crippen LogP contribution in [-0.2, 0) is 4.79 Å². The molecule has 1 atom stereocenters. The molecule has 0 radical (unpaired) electrons. The van der Waals surface area contributed by atoms with Crippen molar-refractivity contribution in [1.82, 2.24) is 0 Å². The Morgan fingerprint density at radius 3 is 3.00 bits per heavy atom. The van der Waals surface area contributed by atoms with Gasteiger partial charge in [0.05, 0.1) is 0 Å². The largest absolute Gasteiger partial charge is 0.507 e. The third kappa shape index (κ3) is 2.46. The number of phenolic OH excluding ortho intramolecular Hbond substituents is 1. The number of aromatic hydroxyl groups is 1. The van der Waals surface area contributed by atoms with Gasteiger partial charge in [0.2, 0.25) is 0 Å². The smallest absolute Gasteiger partial charge is 0.174 e. The Morgan fingerprint density at radius 1 is 1.53 bits per heavy atom. The molecule has 1 heterocycles. The summed E-state index contributed by atoms with van der Waals surface area (Å²) >= 11 is 0. The molecule has 17 heavy (non-hydrogen) atoms. The van der Waals surface area contributed by atoms with E-state index in [0.29, 0.717) is 18.6 Å². The third-order valence-corrected chi connectivity index (χ3v) is 2.81. The third-order valence-electron chi connectivity index (χ3n) is 2.81. The predicted octanol–water partition coefficient (Wildman–Crippen LogP) is 2.10. The van der Waals surface area contributed by atoms with Crippen LogP contribution in [0.15, 0.2) is 18.2 Å². The summed E-state index contributed by atoms with van der Waals surface area (Å²) in [4.78, 5) is 22.7. The minimum Gasteiger partial charge on any atom is -0.507 e. The Bertz CT molecular complexity index is 464. The highest BCUT2D eigenvalue weighted by molar-refractivity contribution is 6.02. The lowest BCUT2D eigenvalue weighted by molar-refractivity contribution is -0.117. The predicted molar refractivity (Wildman–Crippen MR) is 61.4 cm³/mol. The average molecular weight is 234 g/mol. The molecule has 1 unspecified atom stereocenters. The summed E-state index contributed by atoms with van der Waals surface area (Å²) < 4.78 is 5.60. The van der Waals surface area contributed by atoms with Gasteiger partial charge in [-0.05, 0) is 25.5 Å². The Balaban J connectivity index is 2.16. The Kier molecular flexibility index (Phi) is 3.13. The maximum Gasteiger partial charge on any atom is 0.174 e. The lowest BCUT2D eigenvalue weighted by Gasteiger charge is -2.25. The zero-order valence-corrected chi connectivity index (χ0v) is 9.60. The van der Waals surface area contributed by atoms with Crippen molar-refractivity contribution in [1.29, 1.82) is 0 Å². The van der Waals surface area contributed by atoms with Crippen LogP contribution in [0, 0.1) is 0 Å². The van der Waals surface area contributed by atoms with Gasteiger partial charge in [-0.15, -0.1) is 0 Å². The number of hydrogen-bond acceptors (Lipinski definition) is 4. The number of rotatable bonds is 3. The number of benzene rings is 1. The summed E-state index contributed by atoms with van der Waals surface area (Å²) in [7, 11) is 0. The van der Waals surface area contributed by atoms with Gasteiger partial charge in [-0.25, -0.2) is 0 Å². The first-order valence-corrected chi connectivity index (χ1v) is 5.59. The average Bonchev–Trinajstić information content (AvgIpc) is 2.26. The lowest BCUT2D eigenvalue weighted by Crippen LogP contribution is -2.27. The van der Waals surface area contributed by atoms with Gasteiger partial charge >= 0.3 is 0 Å². The number of fused-ring (bicyclic) bond motifs is 1. The van der Waals surface area contributed by atoms with Crippen LogP contribution in [0.4, 0.5) is 0 Å². The van der Waals surface area contributed by atoms with Crippen molar-refractivity contribution in [3.05, 3.63) is 23.8 Å². The normalized spacial score (nSPS) is 18.4. The van der Waals surface area contributed by atoms with Gasteiger partial charge in [-0.2, -0.15) is 0 Å². The number of Topliss-reactive ketones (excluding diaryl/α,β-unsaturated/α-hetero) is 2. The molecule has 1 aromatic rings. The summed E-state index contributed by atoms with van der Waals surface area (Å²) in [6.45, 7) is 1.52. The van der Waals surface area contributed by atoms with Crippen LogP contribution < -0.4 is 4.74 Å². The van der Waals surface area contributed by atoms with E-state index in [4.69, 9.17) is 4.74 Å². The van der Waals surface area contributed by atoms with Gasteiger partial charge in [-0.1, -0.05) is 6.07 Å². The van der Waals surface area contributed by atoms with Crippen molar-refractivity contribution in [2.24, 2.45) is 0 Å². The molecule has 0 bridgehead atoms. The zero-order chi connectivity index (χ0) is 12.4. The summed E-state index contributed by atoms with van der Waals surface area (Å²) in [6, 6.07) is 4.76. The Hall–Kier alpha value is -1.84. The molecule has 0 amide bonds. The number of phenols is 1. The van der Waals surface area contributed by atoms with E-state index < -0.39 is 0 Å². The molecule has 4 nitrogen and oxygen atoms in total. The molecular weight excluding hydrogens is 220 g/mol. The molecule has 0 saturated heterocycles. The molecule has 0 fully saturated rings. The van der Waals surface area contributed by atoms with E-state index in [2.05, 4.69) is 0 Å². The minimum absolute atomic E-state index is 0.0440. The summed E-state index contributed by atoms with van der Waals surface area (Å²) in [6.07, 6.45) is 0.904. The maximum atomic E-state index is 11.8. The second-order valence-corrected chi connectivity index (χ2v) is 4.26. The van der Waals surface area contributed by atoms with Crippen molar-refractivity contribution in [3.63, 3.8) is 0 Å². The van der Waals surface area contributed by atoms with Crippen molar-refractivity contribution >= 4 is 11.6 Å². The first-order chi connectivity index (χ1) is 8.08. The van der Waals surface area contributed by atoms with Crippen LogP contribution in [0.2, 0.25) is 0 Å². The van der Waals surface area contributed by atoms with Gasteiger partial charge < -0.3 is 14.6 Å². The fourth-order valence-corrected chi connectivity index (χ4v) is 1.95. The van der Waals surface area contributed by atoms with Crippen LogP contribution in [0.25, 0.3) is 0 Å². The first kappa shape index (κ1) is 11.6. The molecule has 1 aliphatic heterocycles. The monoisotopic (exact) mass is 234 g/mol. The van der Waals surface area contributed by atoms with Gasteiger partial charge in [0.1, 0.15) is 28.9 Å². The molecule has 0 aliphatic carbocycles. The van der Waals surface area contributed by atoms with Crippen LogP contribution in [-0.4, -0.2) is 22.8 Å². The van der Waals surface area contributed by atoms with Crippen LogP contribution in [0.1, 0.15) is 36.5 Å². The Labute approximate surface area is 99.2 Å². The molecule has 2 rings (SSSR count). The van der Waals surface area contributed by atoms with Gasteiger partial charge in [0.25, 0.3) is 0 Å². The van der Waals surface area contributed by atoms with Gasteiger partial charge in [0, 0.05) is 12.8 Å². The maximum absolute atomic E-state index is 11.8. The zero-order valence-electron chi connectivity index (χ0n) is 9.60. The van der Waals surface area contributed by atoms with E-state index in [1.54, 1.807) is 12.1 Å². The van der Waals surface area contributed by atoms with Gasteiger partial charge in [-0.3, -0.25) is 4.79 Å². The van der Waals surface area contributed by atoms with Crippen LogP contribution in [0.3, 0.4) is 0 Å². The molecule has 4 heteroatoms. The molecule has 0 spiro atoms. The standard InChI is InChI=1S/C13H14O4/c1-8(14)5-6-9-7-11(16)13-10(15)3-2-4-12(13)17-9/h2-4,9,15H,5-7H2,1H3. The lowest BCUT2D eigenvalue weighted by atomic mass is 9.97. The van der Waals surface area contributed by atoms with E-state index in [0.717, 1.165) is 0 Å². The van der Waals surface area contributed by atoms with Crippen molar-refractivity contribution in [2.45, 2.75) is 32.3 Å². The molecule has 90 valence electrons. The molecule has 0 aromatic heterocycles. The van der Waals surface area contributed by atoms with Crippen LogP contribution >= 0.6 is 0 Å². The fraction of sp³-hybridized carbons (Fsp3) is 0.385. The second kappa shape index (κ2) is 4.57. The number of carbonyl (C=O) groups is 2. The van der Waals surface area contributed by atoms with E-state index in [1.165, 1.54) is 13.0 Å². The number of hydrogen-bond donors (Lipinski definition) is 1. The van der Waals surface area contributed by atoms with E-state index in [9.17, 15) is 14.7 Å². The molecule has 1 aliphatic rings. The topological polar surface area (TPSA) is 63.6 Å². The number of ketones is 2. The minimum atomic E-state index is -0.263. The first-order valence-electron chi connectivity index (χ1n) is 5.59. The summed E-state index contributed by atoms with van der Waals surface area (Å²) in [5.41, 5.74) is 0.256. The van der Waals surface area contributed by atoms with Crippen LogP contribution in [0.5, 0.6) is 11.5 Å². The highest BCUT2D eigenvalue weighted by atomic mass is 16.5. The van der Waals surface area contributed by atoms with Crippen molar-refractivity contribution < 1.29 is 19.4 Å². The number of ether oxygens (including phenoxy) is 1. The number of carbonyl (C=O) groups excluding carboxylic acids is 2. The highest BCUT2D eigenvalue weighted by Crippen LogP contribution is 2.34. The fourth-order valence-electron chi connectivity index (χ4n) is 1.95. The Morgan fingerprint density at radius 2 is 2.29 bits per heavy atom. The van der Waals surface area contributed by atoms with Crippen molar-refractivity contribution in [2.75, 3.05) is 0 Å². The van der Waals surface area contributed by atoms with Crippen molar-refractivity contribution in [3.8, 4) is 11.5 Å². The van der Waals surface area contributed by atoms with E-state index >= 15 is 0 Å². The SMILES string of the molecule is CC(=O)CCC1CC(=O)c2c(O)cccc2O1. The highest BCUT2D eigenvalue weighted by Gasteiger charge is 2.28. The summed E-state index contributed by atoms with van der Waals surface area (Å²) in [5, 5.41) is 9.58. The second-order valence-electron chi connectivity index (χ2n) is 4.26. The van der Waals surface area contributed by atoms with Gasteiger partial charge in [0.15, 0.2) is 5.78 Å². The van der Waals surface area contributed by atoms with E-state index in [-0.39, 0.29) is 35.4 Å². The summed E-state index contributed by atoms with van der Waals surface area (Å²) in [5.74, 6) is 0.327. The van der Waals surface area contributed by atoms with E-state index in [1.807, 2.05) is 0 Å². The molecule has 1 N–H and O–H groups in total. The molecule has 0 saturated carbocycles. The molecule has 1 aromatic carbocycles. The molecular formula is C13H14O4.